The van der Waals surface area contributed by atoms with Crippen molar-refractivity contribution in [1.29, 1.82) is 0 Å². The fourth-order valence-corrected chi connectivity index (χ4v) is 3.35. The number of aromatic nitrogens is 2. The number of fused-ring (bicyclic) bond motifs is 4. The molecule has 3 nitrogen and oxygen atoms in total. The van der Waals surface area contributed by atoms with E-state index in [2.05, 4.69) is 60.8 Å². The molecule has 4 aromatic carbocycles. The van der Waals surface area contributed by atoms with Gasteiger partial charge in [-0.15, -0.1) is 0 Å². The fourth-order valence-electron chi connectivity index (χ4n) is 3.35. The molecule has 0 saturated carbocycles. The Balaban J connectivity index is 1.78. The molecule has 0 aliphatic carbocycles. The highest BCUT2D eigenvalue weighted by Crippen LogP contribution is 2.33. The van der Waals surface area contributed by atoms with Crippen LogP contribution in [0.4, 0.5) is 11.4 Å². The fraction of sp³-hybridized carbons (Fsp3) is 0.0435. The van der Waals surface area contributed by atoms with Gasteiger partial charge in [0.15, 0.2) is 0 Å². The van der Waals surface area contributed by atoms with Crippen LogP contribution in [0.15, 0.2) is 78.9 Å². The lowest BCUT2D eigenvalue weighted by Gasteiger charge is -2.13. The van der Waals surface area contributed by atoms with Gasteiger partial charge in [-0.3, -0.25) is 0 Å². The summed E-state index contributed by atoms with van der Waals surface area (Å²) in [7, 11) is 0. The molecule has 1 heterocycles. The van der Waals surface area contributed by atoms with Crippen molar-refractivity contribution in [2.24, 2.45) is 0 Å². The van der Waals surface area contributed by atoms with E-state index in [-0.39, 0.29) is 0 Å². The summed E-state index contributed by atoms with van der Waals surface area (Å²) in [6.07, 6.45) is 0. The Morgan fingerprint density at radius 1 is 0.654 bits per heavy atom. The van der Waals surface area contributed by atoms with Gasteiger partial charge in [0, 0.05) is 22.1 Å². The second-order valence-electron chi connectivity index (χ2n) is 6.54. The lowest BCUT2D eigenvalue weighted by Crippen LogP contribution is -1.95. The number of hydrogen-bond donors (Lipinski definition) is 1. The second kappa shape index (κ2) is 5.81. The molecule has 0 radical (unpaired) electrons. The molecular weight excluding hydrogens is 318 g/mol. The van der Waals surface area contributed by atoms with Gasteiger partial charge in [-0.2, -0.15) is 0 Å². The van der Waals surface area contributed by atoms with Crippen LogP contribution in [0.3, 0.4) is 0 Å². The molecular formula is C23H17N3. The Morgan fingerprint density at radius 3 is 2.08 bits per heavy atom. The average Bonchev–Trinajstić information content (AvgIpc) is 2.68. The zero-order valence-corrected chi connectivity index (χ0v) is 14.4. The lowest BCUT2D eigenvalue weighted by atomic mass is 10.1. The highest BCUT2D eigenvalue weighted by atomic mass is 14.9. The monoisotopic (exact) mass is 335 g/mol. The van der Waals surface area contributed by atoms with Gasteiger partial charge in [0.2, 0.25) is 0 Å². The number of para-hydroxylation sites is 2. The molecule has 0 aliphatic heterocycles. The quantitative estimate of drug-likeness (QED) is 0.318. The van der Waals surface area contributed by atoms with E-state index in [1.54, 1.807) is 0 Å². The zero-order valence-electron chi connectivity index (χ0n) is 14.4. The van der Waals surface area contributed by atoms with Gasteiger partial charge in [0.05, 0.1) is 22.1 Å². The van der Waals surface area contributed by atoms with Crippen LogP contribution in [0, 0.1) is 6.92 Å². The molecule has 0 atom stereocenters. The second-order valence-corrected chi connectivity index (χ2v) is 6.54. The van der Waals surface area contributed by atoms with Crippen molar-refractivity contribution in [1.82, 2.24) is 9.97 Å². The topological polar surface area (TPSA) is 37.8 Å². The van der Waals surface area contributed by atoms with Gasteiger partial charge in [-0.1, -0.05) is 54.1 Å². The van der Waals surface area contributed by atoms with Crippen molar-refractivity contribution >= 4 is 44.2 Å². The maximum atomic E-state index is 4.88. The minimum Gasteiger partial charge on any atom is -0.355 e. The number of anilines is 2. The predicted octanol–water partition coefficient (Wildman–Crippen LogP) is 5.99. The van der Waals surface area contributed by atoms with Gasteiger partial charge in [0.25, 0.3) is 0 Å². The molecule has 0 saturated heterocycles. The van der Waals surface area contributed by atoms with Crippen LogP contribution in [-0.4, -0.2) is 9.97 Å². The van der Waals surface area contributed by atoms with Gasteiger partial charge < -0.3 is 5.32 Å². The Morgan fingerprint density at radius 2 is 1.31 bits per heavy atom. The molecule has 0 unspecified atom stereocenters. The SMILES string of the molecule is Cc1ccc(Nc2cc3nc4ccccc4nc3c3ccccc23)cc1. The van der Waals surface area contributed by atoms with E-state index in [1.165, 1.54) is 5.56 Å². The Labute approximate surface area is 151 Å². The van der Waals surface area contributed by atoms with Gasteiger partial charge in [-0.25, -0.2) is 9.97 Å². The summed E-state index contributed by atoms with van der Waals surface area (Å²) in [6, 6.07) is 26.9. The van der Waals surface area contributed by atoms with E-state index in [4.69, 9.17) is 9.97 Å². The minimum atomic E-state index is 0.900. The predicted molar refractivity (Wildman–Crippen MR) is 109 cm³/mol. The first-order valence-electron chi connectivity index (χ1n) is 8.70. The van der Waals surface area contributed by atoms with Crippen LogP contribution in [0.2, 0.25) is 0 Å². The van der Waals surface area contributed by atoms with Crippen LogP contribution >= 0.6 is 0 Å². The van der Waals surface area contributed by atoms with Crippen LogP contribution in [0.25, 0.3) is 32.8 Å². The number of hydrogen-bond acceptors (Lipinski definition) is 3. The third-order valence-corrected chi connectivity index (χ3v) is 4.68. The molecule has 0 aliphatic rings. The summed E-state index contributed by atoms with van der Waals surface area (Å²) in [5, 5.41) is 5.80. The molecule has 0 bridgehead atoms. The van der Waals surface area contributed by atoms with Crippen LogP contribution in [0.5, 0.6) is 0 Å². The van der Waals surface area contributed by atoms with Crippen molar-refractivity contribution in [2.75, 3.05) is 5.32 Å². The van der Waals surface area contributed by atoms with Crippen LogP contribution < -0.4 is 5.32 Å². The van der Waals surface area contributed by atoms with Gasteiger partial charge in [0.1, 0.15) is 0 Å². The molecule has 1 N–H and O–H groups in total. The standard InChI is InChI=1S/C23H17N3/c1-15-10-12-16(13-11-15)24-21-14-22-23(18-7-3-2-6-17(18)21)26-20-9-5-4-8-19(20)25-22/h2-14,24H,1H3. The molecule has 3 heteroatoms. The molecule has 1 aromatic heterocycles. The number of nitrogens with zero attached hydrogens (tertiary/aromatic N) is 2. The normalized spacial score (nSPS) is 11.3. The van der Waals surface area contributed by atoms with Gasteiger partial charge >= 0.3 is 0 Å². The maximum absolute atomic E-state index is 4.88. The summed E-state index contributed by atoms with van der Waals surface area (Å²) in [6.45, 7) is 2.09. The Hall–Kier alpha value is -3.46. The highest BCUT2D eigenvalue weighted by molar-refractivity contribution is 6.12. The summed E-state index contributed by atoms with van der Waals surface area (Å²) in [5.41, 5.74) is 7.03. The van der Waals surface area contributed by atoms with Crippen molar-refractivity contribution < 1.29 is 0 Å². The molecule has 5 aromatic rings. The number of rotatable bonds is 2. The molecule has 26 heavy (non-hydrogen) atoms. The average molecular weight is 335 g/mol. The van der Waals surface area contributed by atoms with Crippen molar-refractivity contribution in [3.8, 4) is 0 Å². The van der Waals surface area contributed by atoms with Crippen LogP contribution in [-0.2, 0) is 0 Å². The maximum Gasteiger partial charge on any atom is 0.0974 e. The van der Waals surface area contributed by atoms with E-state index >= 15 is 0 Å². The molecule has 0 amide bonds. The third kappa shape index (κ3) is 2.45. The third-order valence-electron chi connectivity index (χ3n) is 4.68. The molecule has 0 fully saturated rings. The summed E-state index contributed by atoms with van der Waals surface area (Å²) in [4.78, 5) is 9.72. The Kier molecular flexibility index (Phi) is 3.32. The smallest absolute Gasteiger partial charge is 0.0974 e. The van der Waals surface area contributed by atoms with Crippen molar-refractivity contribution in [3.05, 3.63) is 84.4 Å². The molecule has 5 rings (SSSR count). The number of nitrogens with one attached hydrogen (secondary N) is 1. The van der Waals surface area contributed by atoms with Crippen molar-refractivity contribution in [3.63, 3.8) is 0 Å². The van der Waals surface area contributed by atoms with Crippen LogP contribution in [0.1, 0.15) is 5.56 Å². The van der Waals surface area contributed by atoms with E-state index in [9.17, 15) is 0 Å². The number of aryl methyl sites for hydroxylation is 1. The van der Waals surface area contributed by atoms with E-state index < -0.39 is 0 Å². The van der Waals surface area contributed by atoms with E-state index in [0.29, 0.717) is 0 Å². The van der Waals surface area contributed by atoms with E-state index in [1.807, 2.05) is 30.3 Å². The Bertz CT molecular complexity index is 1260. The summed E-state index contributed by atoms with van der Waals surface area (Å²) in [5.74, 6) is 0. The zero-order chi connectivity index (χ0) is 17.5. The summed E-state index contributed by atoms with van der Waals surface area (Å²) >= 11 is 0. The minimum absolute atomic E-state index is 0.900. The first-order chi connectivity index (χ1) is 12.8. The highest BCUT2D eigenvalue weighted by Gasteiger charge is 2.10. The molecule has 0 spiro atoms. The van der Waals surface area contributed by atoms with Gasteiger partial charge in [-0.05, 0) is 37.3 Å². The first kappa shape index (κ1) is 14.8. The number of benzene rings is 4. The lowest BCUT2D eigenvalue weighted by molar-refractivity contribution is 1.40. The summed E-state index contributed by atoms with van der Waals surface area (Å²) < 4.78 is 0. The largest absolute Gasteiger partial charge is 0.355 e. The molecule has 124 valence electrons. The van der Waals surface area contributed by atoms with E-state index in [0.717, 1.165) is 44.2 Å². The first-order valence-corrected chi connectivity index (χ1v) is 8.70. The van der Waals surface area contributed by atoms with Crippen molar-refractivity contribution in [2.45, 2.75) is 6.92 Å².